The van der Waals surface area contributed by atoms with Crippen LogP contribution in [0.4, 0.5) is 5.69 Å². The quantitative estimate of drug-likeness (QED) is 0.874. The van der Waals surface area contributed by atoms with E-state index in [-0.39, 0.29) is 11.2 Å². The highest BCUT2D eigenvalue weighted by atomic mass is 32.2. The van der Waals surface area contributed by atoms with Gasteiger partial charge in [-0.15, -0.1) is 23.1 Å². The maximum atomic E-state index is 12.7. The van der Waals surface area contributed by atoms with Crippen molar-refractivity contribution in [2.45, 2.75) is 25.1 Å². The SMILES string of the molecule is CCNCc1ccccc1NC(=O)C1SCCc2sccc21. The van der Waals surface area contributed by atoms with E-state index in [2.05, 4.69) is 35.1 Å². The molecule has 1 amide bonds. The molecule has 1 aliphatic heterocycles. The Morgan fingerprint density at radius 1 is 1.32 bits per heavy atom. The Morgan fingerprint density at radius 2 is 2.18 bits per heavy atom. The molecule has 0 radical (unpaired) electrons. The molecule has 5 heteroatoms. The van der Waals surface area contributed by atoms with Gasteiger partial charge in [0.1, 0.15) is 5.25 Å². The third-order valence-electron chi connectivity index (χ3n) is 3.75. The molecule has 1 atom stereocenters. The van der Waals surface area contributed by atoms with E-state index in [0.29, 0.717) is 0 Å². The van der Waals surface area contributed by atoms with Gasteiger partial charge in [0.2, 0.25) is 5.91 Å². The van der Waals surface area contributed by atoms with Gasteiger partial charge in [-0.1, -0.05) is 25.1 Å². The lowest BCUT2D eigenvalue weighted by Gasteiger charge is -2.22. The van der Waals surface area contributed by atoms with Crippen LogP contribution in [0.2, 0.25) is 0 Å². The van der Waals surface area contributed by atoms with Gasteiger partial charge in [0, 0.05) is 17.1 Å². The molecular formula is C17H20N2OS2. The number of fused-ring (bicyclic) bond motifs is 1. The molecule has 2 aromatic rings. The molecule has 0 spiro atoms. The molecule has 1 aliphatic rings. The molecule has 0 fully saturated rings. The molecule has 3 nitrogen and oxygen atoms in total. The number of thioether (sulfide) groups is 1. The van der Waals surface area contributed by atoms with Gasteiger partial charge in [-0.05, 0) is 47.4 Å². The Balaban J connectivity index is 1.76. The summed E-state index contributed by atoms with van der Waals surface area (Å²) in [6.07, 6.45) is 1.08. The highest BCUT2D eigenvalue weighted by molar-refractivity contribution is 8.00. The largest absolute Gasteiger partial charge is 0.325 e. The number of amides is 1. The number of nitrogens with one attached hydrogen (secondary N) is 2. The Morgan fingerprint density at radius 3 is 3.05 bits per heavy atom. The van der Waals surface area contributed by atoms with Gasteiger partial charge in [0.05, 0.1) is 0 Å². The summed E-state index contributed by atoms with van der Waals surface area (Å²) in [6.45, 7) is 3.77. The average molecular weight is 332 g/mol. The van der Waals surface area contributed by atoms with Crippen LogP contribution in [-0.2, 0) is 17.8 Å². The maximum absolute atomic E-state index is 12.7. The molecule has 0 bridgehead atoms. The van der Waals surface area contributed by atoms with Crippen molar-refractivity contribution >= 4 is 34.7 Å². The molecule has 0 saturated heterocycles. The first kappa shape index (κ1) is 15.6. The van der Waals surface area contributed by atoms with Gasteiger partial charge < -0.3 is 10.6 Å². The molecule has 1 aromatic heterocycles. The van der Waals surface area contributed by atoms with Crippen LogP contribution in [-0.4, -0.2) is 18.2 Å². The van der Waals surface area contributed by atoms with Crippen molar-refractivity contribution in [3.05, 3.63) is 51.7 Å². The Bertz CT molecular complexity index is 654. The van der Waals surface area contributed by atoms with Crippen molar-refractivity contribution < 1.29 is 4.79 Å². The maximum Gasteiger partial charge on any atom is 0.242 e. The summed E-state index contributed by atoms with van der Waals surface area (Å²) < 4.78 is 0. The first-order valence-corrected chi connectivity index (χ1v) is 9.49. The van der Waals surface area contributed by atoms with Crippen LogP contribution in [0.25, 0.3) is 0 Å². The molecule has 1 unspecified atom stereocenters. The summed E-state index contributed by atoms with van der Waals surface area (Å²) >= 11 is 3.50. The zero-order valence-electron chi connectivity index (χ0n) is 12.6. The van der Waals surface area contributed by atoms with Crippen molar-refractivity contribution in [2.75, 3.05) is 17.6 Å². The Kier molecular flexibility index (Phi) is 5.18. The second kappa shape index (κ2) is 7.31. The van der Waals surface area contributed by atoms with E-state index in [9.17, 15) is 4.79 Å². The number of benzene rings is 1. The first-order chi connectivity index (χ1) is 10.8. The number of aryl methyl sites for hydroxylation is 1. The fourth-order valence-electron chi connectivity index (χ4n) is 2.62. The van der Waals surface area contributed by atoms with Crippen molar-refractivity contribution in [2.24, 2.45) is 0 Å². The van der Waals surface area contributed by atoms with Crippen molar-refractivity contribution in [3.63, 3.8) is 0 Å². The zero-order valence-corrected chi connectivity index (χ0v) is 14.2. The predicted molar refractivity (Wildman–Crippen MR) is 95.7 cm³/mol. The smallest absolute Gasteiger partial charge is 0.242 e. The molecule has 1 aromatic carbocycles. The third-order valence-corrected chi connectivity index (χ3v) is 5.99. The van der Waals surface area contributed by atoms with E-state index >= 15 is 0 Å². The lowest BCUT2D eigenvalue weighted by Crippen LogP contribution is -2.23. The highest BCUT2D eigenvalue weighted by Gasteiger charge is 2.28. The minimum Gasteiger partial charge on any atom is -0.325 e. The number of carbonyl (C=O) groups is 1. The summed E-state index contributed by atoms with van der Waals surface area (Å²) in [5.41, 5.74) is 3.24. The lowest BCUT2D eigenvalue weighted by molar-refractivity contribution is -0.115. The van der Waals surface area contributed by atoms with Gasteiger partial charge in [0.15, 0.2) is 0 Å². The number of para-hydroxylation sites is 1. The topological polar surface area (TPSA) is 41.1 Å². The lowest BCUT2D eigenvalue weighted by atomic mass is 10.1. The van der Waals surface area contributed by atoms with E-state index in [0.717, 1.165) is 36.5 Å². The van der Waals surface area contributed by atoms with E-state index < -0.39 is 0 Å². The minimum atomic E-state index is -0.0813. The average Bonchev–Trinajstić information content (AvgIpc) is 3.02. The molecular weight excluding hydrogens is 312 g/mol. The van der Waals surface area contributed by atoms with Gasteiger partial charge in [-0.3, -0.25) is 4.79 Å². The number of hydrogen-bond acceptors (Lipinski definition) is 4. The number of carbonyl (C=O) groups excluding carboxylic acids is 1. The van der Waals surface area contributed by atoms with Crippen LogP contribution in [0.1, 0.15) is 28.2 Å². The Labute approximate surface area is 139 Å². The van der Waals surface area contributed by atoms with Gasteiger partial charge in [0.25, 0.3) is 0 Å². The molecule has 3 rings (SSSR count). The second-order valence-corrected chi connectivity index (χ2v) is 7.44. The van der Waals surface area contributed by atoms with Crippen LogP contribution < -0.4 is 10.6 Å². The van der Waals surface area contributed by atoms with Crippen LogP contribution in [0, 0.1) is 0 Å². The van der Waals surface area contributed by atoms with Crippen molar-refractivity contribution in [1.29, 1.82) is 0 Å². The van der Waals surface area contributed by atoms with E-state index in [1.165, 1.54) is 10.4 Å². The van der Waals surface area contributed by atoms with E-state index in [4.69, 9.17) is 0 Å². The van der Waals surface area contributed by atoms with E-state index in [1.807, 2.05) is 18.2 Å². The highest BCUT2D eigenvalue weighted by Crippen LogP contribution is 2.40. The normalized spacial score (nSPS) is 17.0. The number of thiophene rings is 1. The monoisotopic (exact) mass is 332 g/mol. The molecule has 22 heavy (non-hydrogen) atoms. The summed E-state index contributed by atoms with van der Waals surface area (Å²) in [6, 6.07) is 10.1. The standard InChI is InChI=1S/C17H20N2OS2/c1-2-18-11-12-5-3-4-6-14(12)19-17(20)16-13-7-9-21-15(13)8-10-22-16/h3-7,9,16,18H,2,8,10-11H2,1H3,(H,19,20). The first-order valence-electron chi connectivity index (χ1n) is 7.57. The predicted octanol–water partition coefficient (Wildman–Crippen LogP) is 3.83. The van der Waals surface area contributed by atoms with E-state index in [1.54, 1.807) is 23.1 Å². The molecule has 2 heterocycles. The Hall–Kier alpha value is -1.30. The second-order valence-electron chi connectivity index (χ2n) is 5.23. The summed E-state index contributed by atoms with van der Waals surface area (Å²) in [7, 11) is 0. The van der Waals surface area contributed by atoms with Crippen LogP contribution >= 0.6 is 23.1 Å². The van der Waals surface area contributed by atoms with Crippen molar-refractivity contribution in [3.8, 4) is 0 Å². The zero-order chi connectivity index (χ0) is 15.4. The summed E-state index contributed by atoms with van der Waals surface area (Å²) in [5.74, 6) is 1.11. The molecule has 0 saturated carbocycles. The number of anilines is 1. The molecule has 2 N–H and O–H groups in total. The summed E-state index contributed by atoms with van der Waals surface area (Å²) in [4.78, 5) is 14.1. The van der Waals surface area contributed by atoms with Gasteiger partial charge in [-0.2, -0.15) is 0 Å². The number of hydrogen-bond donors (Lipinski definition) is 2. The van der Waals surface area contributed by atoms with Gasteiger partial charge >= 0.3 is 0 Å². The van der Waals surface area contributed by atoms with Crippen LogP contribution in [0.15, 0.2) is 35.7 Å². The number of rotatable bonds is 5. The minimum absolute atomic E-state index is 0.0813. The molecule has 116 valence electrons. The molecule has 0 aliphatic carbocycles. The fraction of sp³-hybridized carbons (Fsp3) is 0.353. The van der Waals surface area contributed by atoms with Crippen LogP contribution in [0.3, 0.4) is 0 Å². The summed E-state index contributed by atoms with van der Waals surface area (Å²) in [5, 5.41) is 8.45. The third kappa shape index (κ3) is 3.37. The van der Waals surface area contributed by atoms with Crippen molar-refractivity contribution in [1.82, 2.24) is 5.32 Å². The van der Waals surface area contributed by atoms with Gasteiger partial charge in [-0.25, -0.2) is 0 Å². The van der Waals surface area contributed by atoms with Crippen LogP contribution in [0.5, 0.6) is 0 Å². The fourth-order valence-corrected chi connectivity index (χ4v) is 4.91.